The minimum atomic E-state index is -2.75. The van der Waals surface area contributed by atoms with Crippen molar-refractivity contribution in [2.75, 3.05) is 11.1 Å². The highest BCUT2D eigenvalue weighted by molar-refractivity contribution is 7.18. The van der Waals surface area contributed by atoms with Crippen LogP contribution in [0.4, 0.5) is 29.8 Å². The Morgan fingerprint density at radius 2 is 1.93 bits per heavy atom. The number of carbonyl (C=O) groups is 2. The molecule has 12 heteroatoms. The van der Waals surface area contributed by atoms with Gasteiger partial charge in [-0.15, -0.1) is 0 Å². The van der Waals surface area contributed by atoms with Crippen LogP contribution in [-0.4, -0.2) is 34.3 Å². The van der Waals surface area contributed by atoms with E-state index in [0.717, 1.165) is 24.3 Å². The molecule has 0 saturated heterocycles. The number of alkyl halides is 2. The first-order valence-electron chi connectivity index (χ1n) is 8.14. The van der Waals surface area contributed by atoms with E-state index in [1.54, 1.807) is 0 Å². The third-order valence-electron chi connectivity index (χ3n) is 3.66. The molecule has 4 N–H and O–H groups in total. The fourth-order valence-electron chi connectivity index (χ4n) is 2.15. The Balaban J connectivity index is 1.74. The lowest BCUT2D eigenvalue weighted by atomic mass is 10.2. The third-order valence-corrected chi connectivity index (χ3v) is 4.64. The van der Waals surface area contributed by atoms with Crippen molar-refractivity contribution in [3.63, 3.8) is 0 Å². The number of nitrogen functional groups attached to an aromatic ring is 1. The van der Waals surface area contributed by atoms with Crippen LogP contribution in [0.2, 0.25) is 0 Å². The van der Waals surface area contributed by atoms with Crippen molar-refractivity contribution in [1.29, 1.82) is 0 Å². The van der Waals surface area contributed by atoms with Gasteiger partial charge >= 0.3 is 0 Å². The quantitative estimate of drug-likeness (QED) is 0.497. The highest BCUT2D eigenvalue weighted by Crippen LogP contribution is 2.30. The molecule has 1 amide bonds. The lowest BCUT2D eigenvalue weighted by molar-refractivity contribution is 0.0772. The van der Waals surface area contributed by atoms with Gasteiger partial charge in [0.1, 0.15) is 16.5 Å². The maximum Gasteiger partial charge on any atom is 0.273 e. The lowest BCUT2D eigenvalue weighted by Gasteiger charge is -2.10. The van der Waals surface area contributed by atoms with Gasteiger partial charge < -0.3 is 20.9 Å². The second kappa shape index (κ2) is 8.31. The number of rotatable bonds is 7. The maximum atomic E-state index is 13.0. The zero-order valence-electron chi connectivity index (χ0n) is 14.8. The third kappa shape index (κ3) is 4.71. The summed E-state index contributed by atoms with van der Waals surface area (Å²) in [5, 5.41) is 8.63. The maximum absolute atomic E-state index is 13.0. The summed E-state index contributed by atoms with van der Waals surface area (Å²) < 4.78 is 42.9. The zero-order valence-corrected chi connectivity index (χ0v) is 15.6. The predicted octanol–water partition coefficient (Wildman–Crippen LogP) is 3.21. The molecule has 8 nitrogen and oxygen atoms in total. The standard InChI is InChI=1S/C17H14F3N5O3S/c1-7(14(19)20)22-16(27)10-6-11(28-25-10)12(26)13-15(21)24-17(29-13)23-9-4-2-8(18)3-5-9/h2-7,14H,21H2,1H3,(H,22,27)(H,23,24). The summed E-state index contributed by atoms with van der Waals surface area (Å²) in [5.41, 5.74) is 5.98. The molecule has 1 aromatic carbocycles. The van der Waals surface area contributed by atoms with Gasteiger partial charge in [-0.05, 0) is 31.2 Å². The van der Waals surface area contributed by atoms with E-state index in [2.05, 4.69) is 15.5 Å². The molecule has 0 aliphatic carbocycles. The molecular formula is C17H14F3N5O3S. The number of nitrogens with one attached hydrogen (secondary N) is 2. The monoisotopic (exact) mass is 425 g/mol. The first-order chi connectivity index (χ1) is 13.7. The molecule has 0 bridgehead atoms. The Labute approximate surface area is 165 Å². The van der Waals surface area contributed by atoms with Gasteiger partial charge in [0.25, 0.3) is 12.3 Å². The summed E-state index contributed by atoms with van der Waals surface area (Å²) in [5.74, 6) is -2.38. The minimum absolute atomic E-state index is 0.0265. The summed E-state index contributed by atoms with van der Waals surface area (Å²) in [6.45, 7) is 1.13. The van der Waals surface area contributed by atoms with Crippen molar-refractivity contribution in [3.8, 4) is 0 Å². The molecule has 1 atom stereocenters. The normalized spacial score (nSPS) is 12.0. The van der Waals surface area contributed by atoms with Crippen molar-refractivity contribution < 1.29 is 27.3 Å². The van der Waals surface area contributed by atoms with E-state index < -0.39 is 30.0 Å². The Hall–Kier alpha value is -3.41. The number of ketones is 1. The van der Waals surface area contributed by atoms with E-state index in [4.69, 9.17) is 10.3 Å². The molecule has 0 radical (unpaired) electrons. The van der Waals surface area contributed by atoms with Crippen LogP contribution in [0, 0.1) is 5.82 Å². The molecule has 3 rings (SSSR count). The average molecular weight is 425 g/mol. The second-order valence-electron chi connectivity index (χ2n) is 5.87. The number of anilines is 3. The van der Waals surface area contributed by atoms with Crippen LogP contribution in [0.3, 0.4) is 0 Å². The van der Waals surface area contributed by atoms with E-state index >= 15 is 0 Å². The van der Waals surface area contributed by atoms with E-state index in [-0.39, 0.29) is 27.3 Å². The van der Waals surface area contributed by atoms with Crippen LogP contribution < -0.4 is 16.4 Å². The lowest BCUT2D eigenvalue weighted by Crippen LogP contribution is -2.37. The topological polar surface area (TPSA) is 123 Å². The van der Waals surface area contributed by atoms with Gasteiger partial charge in [0, 0.05) is 11.8 Å². The van der Waals surface area contributed by atoms with Crippen molar-refractivity contribution >= 4 is 39.7 Å². The van der Waals surface area contributed by atoms with Crippen LogP contribution in [0.25, 0.3) is 0 Å². The Kier molecular flexibility index (Phi) is 5.82. The van der Waals surface area contributed by atoms with E-state index in [1.165, 1.54) is 24.3 Å². The largest absolute Gasteiger partial charge is 0.382 e. The SMILES string of the molecule is CC(NC(=O)c1cc(C(=O)c2sc(Nc3ccc(F)cc3)nc2N)on1)C(F)F. The molecule has 152 valence electrons. The summed E-state index contributed by atoms with van der Waals surface area (Å²) in [6, 6.07) is 5.10. The molecule has 2 heterocycles. The molecule has 0 saturated carbocycles. The van der Waals surface area contributed by atoms with Crippen LogP contribution in [0.1, 0.15) is 32.8 Å². The number of nitrogens with two attached hydrogens (primary N) is 1. The molecule has 3 aromatic rings. The van der Waals surface area contributed by atoms with Gasteiger partial charge in [-0.2, -0.15) is 0 Å². The number of halogens is 3. The van der Waals surface area contributed by atoms with Gasteiger partial charge in [0.15, 0.2) is 10.8 Å². The van der Waals surface area contributed by atoms with Gasteiger partial charge in [0.2, 0.25) is 11.5 Å². The Morgan fingerprint density at radius 3 is 2.59 bits per heavy atom. The molecule has 1 unspecified atom stereocenters. The number of aromatic nitrogens is 2. The Morgan fingerprint density at radius 1 is 1.24 bits per heavy atom. The highest BCUT2D eigenvalue weighted by atomic mass is 32.1. The van der Waals surface area contributed by atoms with Crippen LogP contribution in [0.5, 0.6) is 0 Å². The summed E-state index contributed by atoms with van der Waals surface area (Å²) in [4.78, 5) is 28.5. The van der Waals surface area contributed by atoms with Crippen LogP contribution >= 0.6 is 11.3 Å². The number of thiazole rings is 1. The fourth-order valence-corrected chi connectivity index (χ4v) is 3.00. The number of carbonyl (C=O) groups excluding carboxylic acids is 2. The molecule has 0 fully saturated rings. The van der Waals surface area contributed by atoms with Crippen LogP contribution in [-0.2, 0) is 0 Å². The summed E-state index contributed by atoms with van der Waals surface area (Å²) >= 11 is 0.916. The highest BCUT2D eigenvalue weighted by Gasteiger charge is 2.25. The van der Waals surface area contributed by atoms with Crippen LogP contribution in [0.15, 0.2) is 34.9 Å². The van der Waals surface area contributed by atoms with Crippen molar-refractivity contribution in [1.82, 2.24) is 15.5 Å². The minimum Gasteiger partial charge on any atom is -0.382 e. The van der Waals surface area contributed by atoms with E-state index in [9.17, 15) is 22.8 Å². The fraction of sp³-hybridized carbons (Fsp3) is 0.176. The molecule has 0 aliphatic heterocycles. The molecular weight excluding hydrogens is 411 g/mol. The number of benzene rings is 1. The van der Waals surface area contributed by atoms with Crippen molar-refractivity contribution in [3.05, 3.63) is 52.5 Å². The summed E-state index contributed by atoms with van der Waals surface area (Å²) in [6.07, 6.45) is -2.75. The first-order valence-corrected chi connectivity index (χ1v) is 8.95. The Bertz CT molecular complexity index is 1040. The van der Waals surface area contributed by atoms with E-state index in [1.807, 2.05) is 5.32 Å². The van der Waals surface area contributed by atoms with Gasteiger partial charge in [0.05, 0.1) is 6.04 Å². The summed E-state index contributed by atoms with van der Waals surface area (Å²) in [7, 11) is 0. The molecule has 0 aliphatic rings. The zero-order chi connectivity index (χ0) is 21.1. The number of hydrogen-bond donors (Lipinski definition) is 3. The van der Waals surface area contributed by atoms with Gasteiger partial charge in [-0.1, -0.05) is 16.5 Å². The molecule has 2 aromatic heterocycles. The van der Waals surface area contributed by atoms with Crippen molar-refractivity contribution in [2.45, 2.75) is 19.4 Å². The smallest absolute Gasteiger partial charge is 0.273 e. The first kappa shape index (κ1) is 20.3. The second-order valence-corrected chi connectivity index (χ2v) is 6.87. The number of amides is 1. The number of hydrogen-bond acceptors (Lipinski definition) is 8. The van der Waals surface area contributed by atoms with Crippen molar-refractivity contribution in [2.24, 2.45) is 0 Å². The van der Waals surface area contributed by atoms with E-state index in [0.29, 0.717) is 5.69 Å². The predicted molar refractivity (Wildman–Crippen MR) is 99.1 cm³/mol. The average Bonchev–Trinajstić information content (AvgIpc) is 3.30. The molecule has 29 heavy (non-hydrogen) atoms. The number of nitrogens with zero attached hydrogens (tertiary/aromatic N) is 2. The molecule has 0 spiro atoms. The van der Waals surface area contributed by atoms with Gasteiger partial charge in [-0.3, -0.25) is 9.59 Å². The van der Waals surface area contributed by atoms with Gasteiger partial charge in [-0.25, -0.2) is 18.2 Å².